The third kappa shape index (κ3) is 7.49. The van der Waals surface area contributed by atoms with Crippen LogP contribution in [0.3, 0.4) is 0 Å². The molecule has 0 aromatic rings. The van der Waals surface area contributed by atoms with E-state index in [9.17, 15) is 13.2 Å². The third-order valence-electron chi connectivity index (χ3n) is 1.13. The summed E-state index contributed by atoms with van der Waals surface area (Å²) in [6, 6.07) is 0. The van der Waals surface area contributed by atoms with Crippen molar-refractivity contribution in [2.24, 2.45) is 0 Å². The van der Waals surface area contributed by atoms with Crippen LogP contribution >= 0.6 is 0 Å². The summed E-state index contributed by atoms with van der Waals surface area (Å²) in [5.74, 6) is -0.451. The second-order valence-electron chi connectivity index (χ2n) is 2.50. The largest absolute Gasteiger partial charge is 0.320 e. The van der Waals surface area contributed by atoms with Crippen molar-refractivity contribution >= 4 is 15.9 Å². The molecule has 0 bridgehead atoms. The molecule has 0 saturated heterocycles. The average Bonchev–Trinajstić information content (AvgIpc) is 1.84. The predicted molar refractivity (Wildman–Crippen MR) is 46.1 cm³/mol. The standard InChI is InChI=1S/C6H14N2O3S/c1-7-5-3-4-6(9)8-12(2,10)11/h7H,3-5H2,1-2H3,(H,8,9). The molecule has 12 heavy (non-hydrogen) atoms. The number of hydrogen-bond donors (Lipinski definition) is 2. The van der Waals surface area contributed by atoms with Gasteiger partial charge in [0.25, 0.3) is 0 Å². The monoisotopic (exact) mass is 194 g/mol. The van der Waals surface area contributed by atoms with Gasteiger partial charge in [-0.15, -0.1) is 0 Å². The second-order valence-corrected chi connectivity index (χ2v) is 4.25. The Morgan fingerprint density at radius 2 is 2.00 bits per heavy atom. The maximum atomic E-state index is 10.8. The van der Waals surface area contributed by atoms with E-state index in [2.05, 4.69) is 5.32 Å². The van der Waals surface area contributed by atoms with Crippen molar-refractivity contribution in [2.75, 3.05) is 19.8 Å². The summed E-state index contributed by atoms with van der Waals surface area (Å²) in [4.78, 5) is 10.8. The SMILES string of the molecule is CNCCCC(=O)NS(C)(=O)=O. The molecular weight excluding hydrogens is 180 g/mol. The van der Waals surface area contributed by atoms with E-state index in [0.717, 1.165) is 6.26 Å². The zero-order valence-electron chi connectivity index (χ0n) is 7.25. The number of hydrogen-bond acceptors (Lipinski definition) is 4. The molecule has 72 valence electrons. The van der Waals surface area contributed by atoms with Crippen LogP contribution < -0.4 is 10.0 Å². The molecule has 0 heterocycles. The van der Waals surface area contributed by atoms with Crippen molar-refractivity contribution in [1.29, 1.82) is 0 Å². The summed E-state index contributed by atoms with van der Waals surface area (Å²) in [7, 11) is -1.61. The van der Waals surface area contributed by atoms with Crippen LogP contribution in [0.25, 0.3) is 0 Å². The Morgan fingerprint density at radius 3 is 2.42 bits per heavy atom. The Labute approximate surface area is 72.6 Å². The van der Waals surface area contributed by atoms with Gasteiger partial charge in [0.15, 0.2) is 0 Å². The molecule has 0 aliphatic rings. The van der Waals surface area contributed by atoms with Gasteiger partial charge in [-0.25, -0.2) is 8.42 Å². The van der Waals surface area contributed by atoms with Gasteiger partial charge in [0, 0.05) is 6.42 Å². The minimum atomic E-state index is -3.38. The summed E-state index contributed by atoms with van der Waals surface area (Å²) in [6.45, 7) is 0.706. The molecule has 2 N–H and O–H groups in total. The highest BCUT2D eigenvalue weighted by Crippen LogP contribution is 1.87. The zero-order chi connectivity index (χ0) is 9.61. The fraction of sp³-hybridized carbons (Fsp3) is 0.833. The van der Waals surface area contributed by atoms with Crippen LogP contribution in [0.2, 0.25) is 0 Å². The van der Waals surface area contributed by atoms with Gasteiger partial charge in [0.2, 0.25) is 15.9 Å². The average molecular weight is 194 g/mol. The Bertz CT molecular complexity index is 235. The quantitative estimate of drug-likeness (QED) is 0.554. The van der Waals surface area contributed by atoms with E-state index >= 15 is 0 Å². The molecule has 0 aromatic heterocycles. The lowest BCUT2D eigenvalue weighted by molar-refractivity contribution is -0.119. The first-order valence-electron chi connectivity index (χ1n) is 3.61. The van der Waals surface area contributed by atoms with Crippen molar-refractivity contribution in [1.82, 2.24) is 10.0 Å². The highest BCUT2D eigenvalue weighted by Gasteiger charge is 2.06. The fourth-order valence-corrected chi connectivity index (χ4v) is 1.20. The summed E-state index contributed by atoms with van der Waals surface area (Å²) in [5.41, 5.74) is 0. The number of carbonyl (C=O) groups is 1. The summed E-state index contributed by atoms with van der Waals surface area (Å²) >= 11 is 0. The van der Waals surface area contributed by atoms with Gasteiger partial charge in [0.1, 0.15) is 0 Å². The van der Waals surface area contributed by atoms with E-state index in [1.807, 2.05) is 4.72 Å². The molecule has 0 aromatic carbocycles. The number of carbonyl (C=O) groups excluding carboxylic acids is 1. The van der Waals surface area contributed by atoms with E-state index < -0.39 is 15.9 Å². The number of nitrogens with one attached hydrogen (secondary N) is 2. The number of rotatable bonds is 5. The second kappa shape index (κ2) is 5.10. The number of sulfonamides is 1. The molecule has 0 radical (unpaired) electrons. The van der Waals surface area contributed by atoms with E-state index in [4.69, 9.17) is 0 Å². The van der Waals surface area contributed by atoms with Crippen LogP contribution in [0.5, 0.6) is 0 Å². The molecule has 0 atom stereocenters. The van der Waals surface area contributed by atoms with E-state index in [0.29, 0.717) is 13.0 Å². The van der Waals surface area contributed by atoms with Gasteiger partial charge < -0.3 is 5.32 Å². The fourth-order valence-electron chi connectivity index (χ4n) is 0.684. The van der Waals surface area contributed by atoms with Gasteiger partial charge in [-0.05, 0) is 20.0 Å². The van der Waals surface area contributed by atoms with Crippen molar-refractivity contribution in [2.45, 2.75) is 12.8 Å². The topological polar surface area (TPSA) is 75.3 Å². The molecule has 0 rings (SSSR count). The molecule has 0 saturated carbocycles. The molecule has 1 amide bonds. The first-order chi connectivity index (χ1) is 5.45. The molecule has 0 unspecified atom stereocenters. The minimum Gasteiger partial charge on any atom is -0.320 e. The van der Waals surface area contributed by atoms with Crippen molar-refractivity contribution in [3.8, 4) is 0 Å². The zero-order valence-corrected chi connectivity index (χ0v) is 8.07. The molecular formula is C6H14N2O3S. The summed E-state index contributed by atoms with van der Waals surface area (Å²) < 4.78 is 22.9. The molecule has 5 nitrogen and oxygen atoms in total. The highest BCUT2D eigenvalue weighted by atomic mass is 32.2. The lowest BCUT2D eigenvalue weighted by Crippen LogP contribution is -2.29. The van der Waals surface area contributed by atoms with Crippen LogP contribution in [0.1, 0.15) is 12.8 Å². The van der Waals surface area contributed by atoms with Gasteiger partial charge in [0.05, 0.1) is 6.26 Å². The van der Waals surface area contributed by atoms with Crippen LogP contribution in [-0.4, -0.2) is 34.2 Å². The minimum absolute atomic E-state index is 0.230. The summed E-state index contributed by atoms with van der Waals surface area (Å²) in [5, 5.41) is 2.86. The van der Waals surface area contributed by atoms with Crippen molar-refractivity contribution < 1.29 is 13.2 Å². The lowest BCUT2D eigenvalue weighted by Gasteiger charge is -2.01. The molecule has 6 heteroatoms. The molecule has 0 fully saturated rings. The first kappa shape index (κ1) is 11.4. The van der Waals surface area contributed by atoms with Crippen LogP contribution in [0, 0.1) is 0 Å². The predicted octanol–water partition coefficient (Wildman–Crippen LogP) is -0.938. The maximum Gasteiger partial charge on any atom is 0.233 e. The Kier molecular flexibility index (Phi) is 4.84. The smallest absolute Gasteiger partial charge is 0.233 e. The summed E-state index contributed by atoms with van der Waals surface area (Å²) in [6.07, 6.45) is 1.83. The molecule has 0 spiro atoms. The normalized spacial score (nSPS) is 11.2. The van der Waals surface area contributed by atoms with Crippen LogP contribution in [-0.2, 0) is 14.8 Å². The number of amides is 1. The van der Waals surface area contributed by atoms with Gasteiger partial charge >= 0.3 is 0 Å². The Morgan fingerprint density at radius 1 is 1.42 bits per heavy atom. The highest BCUT2D eigenvalue weighted by molar-refractivity contribution is 7.89. The van der Waals surface area contributed by atoms with Gasteiger partial charge in [-0.1, -0.05) is 0 Å². The van der Waals surface area contributed by atoms with E-state index in [1.165, 1.54) is 0 Å². The third-order valence-corrected chi connectivity index (χ3v) is 1.73. The van der Waals surface area contributed by atoms with E-state index in [1.54, 1.807) is 7.05 Å². The van der Waals surface area contributed by atoms with Crippen molar-refractivity contribution in [3.05, 3.63) is 0 Å². The first-order valence-corrected chi connectivity index (χ1v) is 5.50. The Hall–Kier alpha value is -0.620. The lowest BCUT2D eigenvalue weighted by atomic mass is 10.3. The van der Waals surface area contributed by atoms with Gasteiger partial charge in [-0.3, -0.25) is 9.52 Å². The maximum absolute atomic E-state index is 10.8. The van der Waals surface area contributed by atoms with E-state index in [-0.39, 0.29) is 6.42 Å². The molecule has 0 aliphatic carbocycles. The molecule has 0 aliphatic heterocycles. The van der Waals surface area contributed by atoms with Gasteiger partial charge in [-0.2, -0.15) is 0 Å². The van der Waals surface area contributed by atoms with Crippen LogP contribution in [0.15, 0.2) is 0 Å². The Balaban J connectivity index is 3.62. The van der Waals surface area contributed by atoms with Crippen LogP contribution in [0.4, 0.5) is 0 Å². The van der Waals surface area contributed by atoms with Crippen molar-refractivity contribution in [3.63, 3.8) is 0 Å².